The summed E-state index contributed by atoms with van der Waals surface area (Å²) in [6.45, 7) is 9.96. The first-order chi connectivity index (χ1) is 12.4. The molecule has 0 bridgehead atoms. The number of carbonyl (C=O) groups excluding carboxylic acids is 2. The highest BCUT2D eigenvalue weighted by Gasteiger charge is 2.37. The van der Waals surface area contributed by atoms with Crippen LogP contribution in [0.1, 0.15) is 31.4 Å². The Bertz CT molecular complexity index is 669. The minimum atomic E-state index is -0.565. The summed E-state index contributed by atoms with van der Waals surface area (Å²) in [7, 11) is 0. The third-order valence-electron chi connectivity index (χ3n) is 4.51. The van der Waals surface area contributed by atoms with Gasteiger partial charge in [0, 0.05) is 19.5 Å². The second kappa shape index (κ2) is 9.37. The molecule has 2 rings (SSSR count). The fraction of sp³-hybridized carbons (Fsp3) is 0.526. The predicted molar refractivity (Wildman–Crippen MR) is 111 cm³/mol. The second-order valence-corrected chi connectivity index (χ2v) is 7.81. The lowest BCUT2D eigenvalue weighted by Gasteiger charge is -2.30. The van der Waals surface area contributed by atoms with Crippen molar-refractivity contribution in [2.24, 2.45) is 0 Å². The van der Waals surface area contributed by atoms with Gasteiger partial charge < -0.3 is 9.64 Å². The molecule has 1 aliphatic rings. The van der Waals surface area contributed by atoms with Crippen LogP contribution in [-0.2, 0) is 14.3 Å². The number of hydrogen-bond acceptors (Lipinski definition) is 5. The second-order valence-electron chi connectivity index (χ2n) is 6.20. The number of para-hydroxylation sites is 1. The lowest BCUT2D eigenvalue weighted by atomic mass is 10.0. The lowest BCUT2D eigenvalue weighted by molar-refractivity contribution is -0.140. The monoisotopic (exact) mass is 394 g/mol. The summed E-state index contributed by atoms with van der Waals surface area (Å²) in [5.74, 6) is -0.254. The average molecular weight is 395 g/mol. The van der Waals surface area contributed by atoms with Crippen molar-refractivity contribution in [3.05, 3.63) is 29.3 Å². The number of nitrogens with zero attached hydrogens (tertiary/aromatic N) is 2. The number of amides is 1. The highest BCUT2D eigenvalue weighted by Crippen LogP contribution is 2.30. The van der Waals surface area contributed by atoms with Crippen molar-refractivity contribution in [3.8, 4) is 0 Å². The van der Waals surface area contributed by atoms with Crippen molar-refractivity contribution >= 4 is 45.9 Å². The van der Waals surface area contributed by atoms with E-state index in [0.717, 1.165) is 29.9 Å². The normalized spacial score (nSPS) is 16.3. The van der Waals surface area contributed by atoms with Crippen LogP contribution in [0, 0.1) is 13.8 Å². The largest absolute Gasteiger partial charge is 0.464 e. The molecule has 0 unspecified atom stereocenters. The Labute approximate surface area is 165 Å². The molecule has 142 valence electrons. The van der Waals surface area contributed by atoms with E-state index in [4.69, 9.17) is 17.0 Å². The zero-order valence-corrected chi connectivity index (χ0v) is 17.4. The predicted octanol–water partition coefficient (Wildman–Crippen LogP) is 3.31. The van der Waals surface area contributed by atoms with Crippen LogP contribution in [0.25, 0.3) is 0 Å². The molecule has 0 aliphatic carbocycles. The Morgan fingerprint density at radius 2 is 1.88 bits per heavy atom. The number of thioether (sulfide) groups is 1. The van der Waals surface area contributed by atoms with E-state index in [0.29, 0.717) is 17.3 Å². The minimum Gasteiger partial charge on any atom is -0.464 e. The van der Waals surface area contributed by atoms with Crippen LogP contribution >= 0.6 is 24.0 Å². The van der Waals surface area contributed by atoms with Crippen LogP contribution < -0.4 is 4.90 Å². The van der Waals surface area contributed by atoms with Gasteiger partial charge in [-0.25, -0.2) is 4.79 Å². The molecular formula is C19H26N2O3S2. The van der Waals surface area contributed by atoms with E-state index in [2.05, 4.69) is 0 Å². The van der Waals surface area contributed by atoms with Gasteiger partial charge in [-0.3, -0.25) is 9.69 Å². The maximum absolute atomic E-state index is 13.1. The quantitative estimate of drug-likeness (QED) is 0.545. The number of carbonyl (C=O) groups is 2. The van der Waals surface area contributed by atoms with Crippen molar-refractivity contribution in [1.29, 1.82) is 0 Å². The maximum atomic E-state index is 13.1. The summed E-state index contributed by atoms with van der Waals surface area (Å²) in [6, 6.07) is 5.30. The van der Waals surface area contributed by atoms with E-state index in [1.165, 1.54) is 11.8 Å². The molecule has 1 aromatic rings. The summed E-state index contributed by atoms with van der Waals surface area (Å²) in [5, 5.41) is 0. The molecule has 0 aromatic heterocycles. The number of anilines is 1. The van der Waals surface area contributed by atoms with Gasteiger partial charge in [0.15, 0.2) is 0 Å². The Morgan fingerprint density at radius 1 is 1.27 bits per heavy atom. The summed E-state index contributed by atoms with van der Waals surface area (Å²) < 4.78 is 5.83. The van der Waals surface area contributed by atoms with Crippen molar-refractivity contribution in [3.63, 3.8) is 0 Å². The SMILES string of the molecule is CCN(CC)C(=S)SCC(=O)N(c1c(C)cccc1C)[C@@H]1CCOC1=O. The first kappa shape index (κ1) is 20.7. The highest BCUT2D eigenvalue weighted by molar-refractivity contribution is 8.23. The maximum Gasteiger partial charge on any atom is 0.329 e. The van der Waals surface area contributed by atoms with Gasteiger partial charge in [0.2, 0.25) is 5.91 Å². The third-order valence-corrected chi connectivity index (χ3v) is 6.02. The van der Waals surface area contributed by atoms with Gasteiger partial charge in [-0.1, -0.05) is 42.2 Å². The summed E-state index contributed by atoms with van der Waals surface area (Å²) in [6.07, 6.45) is 0.517. The number of ether oxygens (including phenoxy) is 1. The van der Waals surface area contributed by atoms with Crippen LogP contribution in [0.3, 0.4) is 0 Å². The lowest BCUT2D eigenvalue weighted by Crippen LogP contribution is -2.45. The Hall–Kier alpha value is -1.60. The molecule has 1 heterocycles. The molecule has 0 saturated carbocycles. The van der Waals surface area contributed by atoms with E-state index in [1.807, 2.05) is 50.8 Å². The molecule has 1 atom stereocenters. The fourth-order valence-electron chi connectivity index (χ4n) is 3.13. The zero-order valence-electron chi connectivity index (χ0n) is 15.8. The molecule has 5 nitrogen and oxygen atoms in total. The average Bonchev–Trinajstić information content (AvgIpc) is 3.03. The molecule has 1 saturated heterocycles. The number of benzene rings is 1. The molecule has 1 fully saturated rings. The van der Waals surface area contributed by atoms with Crippen molar-refractivity contribution in [2.45, 2.75) is 40.2 Å². The smallest absolute Gasteiger partial charge is 0.329 e. The van der Waals surface area contributed by atoms with E-state index in [9.17, 15) is 9.59 Å². The van der Waals surface area contributed by atoms with Gasteiger partial charge in [0.1, 0.15) is 10.4 Å². The number of esters is 1. The molecule has 1 aliphatic heterocycles. The molecular weight excluding hydrogens is 368 g/mol. The summed E-state index contributed by atoms with van der Waals surface area (Å²) >= 11 is 6.78. The third kappa shape index (κ3) is 4.57. The first-order valence-electron chi connectivity index (χ1n) is 8.87. The standard InChI is InChI=1S/C19H26N2O3S2/c1-5-20(6-2)19(25)26-12-16(22)21(15-10-11-24-18(15)23)17-13(3)8-7-9-14(17)4/h7-9,15H,5-6,10-12H2,1-4H3/t15-/m1/s1. The van der Waals surface area contributed by atoms with Gasteiger partial charge in [0.05, 0.1) is 18.0 Å². The first-order valence-corrected chi connectivity index (χ1v) is 10.3. The van der Waals surface area contributed by atoms with E-state index in [1.54, 1.807) is 4.90 Å². The van der Waals surface area contributed by atoms with Crippen molar-refractivity contribution < 1.29 is 14.3 Å². The van der Waals surface area contributed by atoms with E-state index in [-0.39, 0.29) is 17.6 Å². The molecule has 7 heteroatoms. The summed E-state index contributed by atoms with van der Waals surface area (Å²) in [5.41, 5.74) is 2.74. The zero-order chi connectivity index (χ0) is 19.3. The minimum absolute atomic E-state index is 0.120. The molecule has 0 spiro atoms. The van der Waals surface area contributed by atoms with Gasteiger partial charge in [-0.05, 0) is 38.8 Å². The van der Waals surface area contributed by atoms with E-state index >= 15 is 0 Å². The van der Waals surface area contributed by atoms with Crippen LogP contribution in [0.4, 0.5) is 5.69 Å². The number of aryl methyl sites for hydroxylation is 2. The van der Waals surface area contributed by atoms with Gasteiger partial charge in [0.25, 0.3) is 0 Å². The van der Waals surface area contributed by atoms with Crippen LogP contribution in [0.2, 0.25) is 0 Å². The van der Waals surface area contributed by atoms with Gasteiger partial charge >= 0.3 is 5.97 Å². The van der Waals surface area contributed by atoms with Crippen LogP contribution in [0.5, 0.6) is 0 Å². The molecule has 26 heavy (non-hydrogen) atoms. The number of hydrogen-bond donors (Lipinski definition) is 0. The molecule has 1 aromatic carbocycles. The van der Waals surface area contributed by atoms with Gasteiger partial charge in [-0.15, -0.1) is 0 Å². The van der Waals surface area contributed by atoms with Crippen LogP contribution in [0.15, 0.2) is 18.2 Å². The number of thiocarbonyl (C=S) groups is 1. The fourth-order valence-corrected chi connectivity index (χ4v) is 4.39. The molecule has 0 radical (unpaired) electrons. The van der Waals surface area contributed by atoms with Crippen LogP contribution in [-0.4, -0.2) is 52.6 Å². The topological polar surface area (TPSA) is 49.9 Å². The Balaban J connectivity index is 2.25. The number of rotatable bonds is 6. The molecule has 0 N–H and O–H groups in total. The molecule has 1 amide bonds. The Morgan fingerprint density at radius 3 is 2.38 bits per heavy atom. The highest BCUT2D eigenvalue weighted by atomic mass is 32.2. The van der Waals surface area contributed by atoms with Crippen molar-refractivity contribution in [1.82, 2.24) is 4.90 Å². The van der Waals surface area contributed by atoms with Gasteiger partial charge in [-0.2, -0.15) is 0 Å². The number of cyclic esters (lactones) is 1. The van der Waals surface area contributed by atoms with Crippen molar-refractivity contribution in [2.75, 3.05) is 30.3 Å². The summed E-state index contributed by atoms with van der Waals surface area (Å²) in [4.78, 5) is 29.0. The van der Waals surface area contributed by atoms with E-state index < -0.39 is 6.04 Å². The Kier molecular flexibility index (Phi) is 7.46.